The molecular weight excluding hydrogens is 352 g/mol. The third-order valence-electron chi connectivity index (χ3n) is 3.97. The molecule has 1 aromatic carbocycles. The van der Waals surface area contributed by atoms with Crippen LogP contribution in [0.15, 0.2) is 66.7 Å². The van der Waals surface area contributed by atoms with Gasteiger partial charge in [-0.05, 0) is 42.8 Å². The molecular formula is C23H20N2OS. The number of pyridine rings is 1. The number of carbonyl (C=O) groups excluding carboxylic acids is 1. The van der Waals surface area contributed by atoms with Crippen molar-refractivity contribution in [3.8, 4) is 22.8 Å². The highest BCUT2D eigenvalue weighted by atomic mass is 32.1. The fourth-order valence-corrected chi connectivity index (χ4v) is 3.58. The average Bonchev–Trinajstić information content (AvgIpc) is 3.16. The molecule has 0 unspecified atom stereocenters. The van der Waals surface area contributed by atoms with E-state index in [1.807, 2.05) is 55.5 Å². The number of aryl methyl sites for hydroxylation is 1. The average molecular weight is 372 g/mol. The molecule has 0 saturated carbocycles. The van der Waals surface area contributed by atoms with Crippen LogP contribution in [-0.4, -0.2) is 22.3 Å². The highest BCUT2D eigenvalue weighted by Crippen LogP contribution is 2.28. The maximum absolute atomic E-state index is 12.6. The fourth-order valence-electron chi connectivity index (χ4n) is 2.66. The van der Waals surface area contributed by atoms with Crippen LogP contribution in [0.5, 0.6) is 0 Å². The Labute approximate surface area is 164 Å². The topological polar surface area (TPSA) is 33.2 Å². The number of hydrogen-bond donors (Lipinski definition) is 0. The third-order valence-corrected chi connectivity index (χ3v) is 5.07. The number of aromatic nitrogens is 1. The van der Waals surface area contributed by atoms with Crippen LogP contribution in [0.2, 0.25) is 0 Å². The zero-order valence-electron chi connectivity index (χ0n) is 15.1. The molecule has 1 amide bonds. The largest absolute Gasteiger partial charge is 0.322 e. The van der Waals surface area contributed by atoms with Gasteiger partial charge in [-0.25, -0.2) is 0 Å². The van der Waals surface area contributed by atoms with Crippen LogP contribution in [0.1, 0.15) is 16.3 Å². The molecule has 0 aliphatic heterocycles. The molecule has 0 aliphatic carbocycles. The zero-order valence-corrected chi connectivity index (χ0v) is 15.9. The predicted molar refractivity (Wildman–Crippen MR) is 112 cm³/mol. The zero-order chi connectivity index (χ0) is 19.1. The van der Waals surface area contributed by atoms with E-state index < -0.39 is 0 Å². The van der Waals surface area contributed by atoms with Gasteiger partial charge in [-0.2, -0.15) is 0 Å². The third kappa shape index (κ3) is 5.16. The summed E-state index contributed by atoms with van der Waals surface area (Å²) in [5.74, 6) is 2.43. The van der Waals surface area contributed by atoms with Gasteiger partial charge in [0.25, 0.3) is 0 Å². The molecule has 3 nitrogen and oxygen atoms in total. The Bertz CT molecular complexity index is 983. The normalized spacial score (nSPS) is 10.7. The van der Waals surface area contributed by atoms with Crippen LogP contribution in [0, 0.1) is 19.3 Å². The Kier molecular flexibility index (Phi) is 6.19. The lowest BCUT2D eigenvalue weighted by atomic mass is 10.2. The highest BCUT2D eigenvalue weighted by molar-refractivity contribution is 7.16. The lowest BCUT2D eigenvalue weighted by Crippen LogP contribution is -2.29. The number of benzene rings is 1. The first-order chi connectivity index (χ1) is 13.2. The molecule has 4 heteroatoms. The van der Waals surface area contributed by atoms with Crippen molar-refractivity contribution in [1.29, 1.82) is 0 Å². The van der Waals surface area contributed by atoms with Crippen molar-refractivity contribution >= 4 is 23.3 Å². The summed E-state index contributed by atoms with van der Waals surface area (Å²) in [6.45, 7) is 2.57. The van der Waals surface area contributed by atoms with E-state index >= 15 is 0 Å². The fraction of sp³-hybridized carbons (Fsp3) is 0.130. The molecule has 0 radical (unpaired) electrons. The first-order valence-corrected chi connectivity index (χ1v) is 9.45. The Balaban J connectivity index is 1.70. The number of thiophene rings is 1. The van der Waals surface area contributed by atoms with Crippen LogP contribution in [0.3, 0.4) is 0 Å². The molecule has 3 rings (SSSR count). The van der Waals surface area contributed by atoms with Crippen molar-refractivity contribution in [3.05, 3.63) is 83.0 Å². The molecule has 2 heterocycles. The summed E-state index contributed by atoms with van der Waals surface area (Å²) in [7, 11) is 0. The molecule has 134 valence electrons. The maximum Gasteiger partial charge on any atom is 0.247 e. The molecule has 0 aliphatic rings. The standard InChI is InChI=1S/C23H20N2OS/c1-3-16-25(17-20-11-7-8-18(2)24-20)23(26)15-13-21-12-14-22(27-21)19-9-5-4-6-10-19/h1,4-15H,16-17H2,2H3. The van der Waals surface area contributed by atoms with E-state index in [1.165, 1.54) is 10.4 Å². The lowest BCUT2D eigenvalue weighted by molar-refractivity contribution is -0.125. The van der Waals surface area contributed by atoms with E-state index in [1.54, 1.807) is 22.3 Å². The molecule has 0 atom stereocenters. The number of carbonyl (C=O) groups is 1. The molecule has 2 aromatic heterocycles. The van der Waals surface area contributed by atoms with Gasteiger partial charge in [-0.15, -0.1) is 17.8 Å². The Hall–Kier alpha value is -3.16. The number of terminal acetylenes is 1. The lowest BCUT2D eigenvalue weighted by Gasteiger charge is -2.18. The first-order valence-electron chi connectivity index (χ1n) is 8.64. The Morgan fingerprint density at radius 3 is 2.70 bits per heavy atom. The molecule has 0 N–H and O–H groups in total. The smallest absolute Gasteiger partial charge is 0.247 e. The van der Waals surface area contributed by atoms with E-state index in [4.69, 9.17) is 6.42 Å². The second-order valence-corrected chi connectivity index (χ2v) is 7.19. The SMILES string of the molecule is C#CCN(Cc1cccc(C)n1)C(=O)C=Cc1ccc(-c2ccccc2)s1. The number of hydrogen-bond acceptors (Lipinski definition) is 3. The van der Waals surface area contributed by atoms with Crippen LogP contribution in [0.25, 0.3) is 16.5 Å². The molecule has 0 fully saturated rings. The van der Waals surface area contributed by atoms with Crippen molar-refractivity contribution in [1.82, 2.24) is 9.88 Å². The summed E-state index contributed by atoms with van der Waals surface area (Å²) < 4.78 is 0. The van der Waals surface area contributed by atoms with Gasteiger partial charge in [0.1, 0.15) is 0 Å². The van der Waals surface area contributed by atoms with Crippen molar-refractivity contribution in [3.63, 3.8) is 0 Å². The van der Waals surface area contributed by atoms with Gasteiger partial charge >= 0.3 is 0 Å². The minimum atomic E-state index is -0.120. The highest BCUT2D eigenvalue weighted by Gasteiger charge is 2.11. The van der Waals surface area contributed by atoms with Gasteiger partial charge in [0.05, 0.1) is 18.8 Å². The number of amides is 1. The van der Waals surface area contributed by atoms with Gasteiger partial charge in [0.2, 0.25) is 5.91 Å². The Morgan fingerprint density at radius 1 is 1.15 bits per heavy atom. The summed E-state index contributed by atoms with van der Waals surface area (Å²) in [6, 6.07) is 20.0. The van der Waals surface area contributed by atoms with E-state index in [0.29, 0.717) is 6.54 Å². The molecule has 3 aromatic rings. The molecule has 0 bridgehead atoms. The van der Waals surface area contributed by atoms with Crippen LogP contribution < -0.4 is 0 Å². The number of rotatable bonds is 6. The molecule has 27 heavy (non-hydrogen) atoms. The quantitative estimate of drug-likeness (QED) is 0.460. The van der Waals surface area contributed by atoms with Crippen LogP contribution >= 0.6 is 11.3 Å². The summed E-state index contributed by atoms with van der Waals surface area (Å²) >= 11 is 1.65. The minimum absolute atomic E-state index is 0.120. The molecule has 0 saturated heterocycles. The van der Waals surface area contributed by atoms with E-state index in [0.717, 1.165) is 16.3 Å². The van der Waals surface area contributed by atoms with Gasteiger partial charge in [-0.1, -0.05) is 42.3 Å². The summed E-state index contributed by atoms with van der Waals surface area (Å²) in [4.78, 5) is 20.9. The Morgan fingerprint density at radius 2 is 1.96 bits per heavy atom. The predicted octanol–water partition coefficient (Wildman–Crippen LogP) is 4.79. The van der Waals surface area contributed by atoms with Crippen LogP contribution in [-0.2, 0) is 11.3 Å². The molecule has 0 spiro atoms. The van der Waals surface area contributed by atoms with E-state index in [9.17, 15) is 4.79 Å². The first kappa shape index (κ1) is 18.6. The summed E-state index contributed by atoms with van der Waals surface area (Å²) in [5, 5.41) is 0. The summed E-state index contributed by atoms with van der Waals surface area (Å²) in [6.07, 6.45) is 8.86. The maximum atomic E-state index is 12.6. The van der Waals surface area contributed by atoms with Gasteiger partial charge in [0, 0.05) is 21.5 Å². The van der Waals surface area contributed by atoms with Gasteiger partial charge in [-0.3, -0.25) is 9.78 Å². The van der Waals surface area contributed by atoms with Gasteiger partial charge in [0.15, 0.2) is 0 Å². The van der Waals surface area contributed by atoms with Crippen LogP contribution in [0.4, 0.5) is 0 Å². The van der Waals surface area contributed by atoms with Crippen molar-refractivity contribution in [2.45, 2.75) is 13.5 Å². The summed E-state index contributed by atoms with van der Waals surface area (Å²) in [5.41, 5.74) is 2.92. The van der Waals surface area contributed by atoms with E-state index in [-0.39, 0.29) is 12.5 Å². The van der Waals surface area contributed by atoms with Crippen molar-refractivity contribution < 1.29 is 4.79 Å². The second kappa shape index (κ2) is 8.98. The monoisotopic (exact) mass is 372 g/mol. The second-order valence-electron chi connectivity index (χ2n) is 6.07. The minimum Gasteiger partial charge on any atom is -0.322 e. The van der Waals surface area contributed by atoms with Gasteiger partial charge < -0.3 is 4.90 Å². The van der Waals surface area contributed by atoms with Crippen molar-refractivity contribution in [2.24, 2.45) is 0 Å². The van der Waals surface area contributed by atoms with Crippen molar-refractivity contribution in [2.75, 3.05) is 6.54 Å². The number of nitrogens with zero attached hydrogens (tertiary/aromatic N) is 2. The van der Waals surface area contributed by atoms with E-state index in [2.05, 4.69) is 29.1 Å².